The van der Waals surface area contributed by atoms with Crippen LogP contribution in [0.25, 0.3) is 44.4 Å². The molecule has 7 rings (SSSR count). The number of hydrogen-bond acceptors (Lipinski definition) is 3. The second-order valence-corrected chi connectivity index (χ2v) is 14.4. The number of hydrogen-bond donors (Lipinski definition) is 0. The van der Waals surface area contributed by atoms with Crippen LogP contribution in [0.4, 0.5) is 0 Å². The standard InChI is InChI=1S/C45H46N4O.Pd/c1-10-31-19-20-46-42(23-31)48-40-16-14-13-15-38(40)39-18-17-36(27-41(39)48)50-37-25-34(45(7,8)9)24-35(26-37)49-30(6)43(29(5)47-49)44-32(11-2)21-28(4)22-33(44)12-3;/h13-25H,10-12H2,1-9H3;/q-2;+2. The Bertz CT molecular complexity index is 2370. The van der Waals surface area contributed by atoms with Crippen LogP contribution in [0.3, 0.4) is 0 Å². The molecule has 262 valence electrons. The van der Waals surface area contributed by atoms with Crippen LogP contribution in [-0.4, -0.2) is 19.3 Å². The summed E-state index contributed by atoms with van der Waals surface area (Å²) in [6.45, 7) is 19.8. The zero-order valence-electron chi connectivity index (χ0n) is 31.1. The SMILES string of the molecule is CCc1ccnc(-n2c3[c-]c(Oc4[c-]c(-n5nc(C)c(-c6c(CC)cc(C)cc6CC)c5C)cc(C(C)(C)C)c4)ccc3c3ccccc32)c1.[Pd+2]. The Labute approximate surface area is 316 Å². The average Bonchev–Trinajstić information content (AvgIpc) is 3.59. The molecule has 0 spiro atoms. The van der Waals surface area contributed by atoms with E-state index in [0.717, 1.165) is 69.5 Å². The second kappa shape index (κ2) is 14.3. The van der Waals surface area contributed by atoms with Crippen molar-refractivity contribution in [3.05, 3.63) is 130 Å². The van der Waals surface area contributed by atoms with Gasteiger partial charge in [0.1, 0.15) is 5.82 Å². The molecule has 7 aromatic rings. The summed E-state index contributed by atoms with van der Waals surface area (Å²) >= 11 is 0. The summed E-state index contributed by atoms with van der Waals surface area (Å²) < 4.78 is 10.9. The van der Waals surface area contributed by atoms with Crippen molar-refractivity contribution >= 4 is 21.8 Å². The normalized spacial score (nSPS) is 11.7. The summed E-state index contributed by atoms with van der Waals surface area (Å²) in [7, 11) is 0. The van der Waals surface area contributed by atoms with E-state index in [2.05, 4.69) is 146 Å². The Morgan fingerprint density at radius 3 is 2.16 bits per heavy atom. The molecule has 0 radical (unpaired) electrons. The van der Waals surface area contributed by atoms with Crippen LogP contribution in [0.5, 0.6) is 11.5 Å². The zero-order chi connectivity index (χ0) is 35.3. The monoisotopic (exact) mass is 764 g/mol. The second-order valence-electron chi connectivity index (χ2n) is 14.4. The number of benzene rings is 4. The fraction of sp³-hybridized carbons (Fsp3) is 0.289. The molecular formula is C45H46N4OPd. The quantitative estimate of drug-likeness (QED) is 0.114. The molecule has 51 heavy (non-hydrogen) atoms. The third-order valence-corrected chi connectivity index (χ3v) is 9.90. The van der Waals surface area contributed by atoms with Crippen LogP contribution in [0.1, 0.15) is 80.7 Å². The fourth-order valence-electron chi connectivity index (χ4n) is 7.28. The van der Waals surface area contributed by atoms with Gasteiger partial charge in [-0.3, -0.25) is 4.68 Å². The van der Waals surface area contributed by atoms with E-state index in [-0.39, 0.29) is 25.8 Å². The fourth-order valence-corrected chi connectivity index (χ4v) is 7.28. The van der Waals surface area contributed by atoms with Gasteiger partial charge in [-0.2, -0.15) is 11.2 Å². The predicted octanol–water partition coefficient (Wildman–Crippen LogP) is 11.3. The Balaban J connectivity index is 0.00000448. The number of para-hydroxylation sites is 1. The Hall–Kier alpha value is -4.50. The smallest absolute Gasteiger partial charge is 0.509 e. The van der Waals surface area contributed by atoms with Gasteiger partial charge in [0.15, 0.2) is 0 Å². The summed E-state index contributed by atoms with van der Waals surface area (Å²) in [5.74, 6) is 2.12. The number of aryl methyl sites for hydroxylation is 5. The maximum Gasteiger partial charge on any atom is 2.00 e. The van der Waals surface area contributed by atoms with Gasteiger partial charge in [0.05, 0.1) is 5.69 Å². The third kappa shape index (κ3) is 6.68. The first kappa shape index (κ1) is 36.3. The molecule has 6 heteroatoms. The van der Waals surface area contributed by atoms with Gasteiger partial charge in [-0.15, -0.1) is 41.3 Å². The van der Waals surface area contributed by atoms with Crippen LogP contribution in [-0.2, 0) is 45.1 Å². The van der Waals surface area contributed by atoms with Crippen LogP contribution < -0.4 is 4.74 Å². The molecule has 0 bridgehead atoms. The molecule has 0 N–H and O–H groups in total. The van der Waals surface area contributed by atoms with Crippen molar-refractivity contribution in [1.29, 1.82) is 0 Å². The molecule has 3 heterocycles. The van der Waals surface area contributed by atoms with E-state index in [9.17, 15) is 0 Å². The first-order chi connectivity index (χ1) is 24.0. The van der Waals surface area contributed by atoms with E-state index in [4.69, 9.17) is 14.8 Å². The summed E-state index contributed by atoms with van der Waals surface area (Å²) in [5, 5.41) is 7.40. The number of aromatic nitrogens is 4. The van der Waals surface area contributed by atoms with Crippen molar-refractivity contribution < 1.29 is 25.2 Å². The first-order valence-corrected chi connectivity index (χ1v) is 17.9. The minimum Gasteiger partial charge on any atom is -0.509 e. The van der Waals surface area contributed by atoms with Crippen molar-refractivity contribution in [1.82, 2.24) is 19.3 Å². The van der Waals surface area contributed by atoms with E-state index < -0.39 is 0 Å². The van der Waals surface area contributed by atoms with Crippen molar-refractivity contribution in [3.8, 4) is 34.1 Å². The van der Waals surface area contributed by atoms with Crippen LogP contribution >= 0.6 is 0 Å². The van der Waals surface area contributed by atoms with Crippen LogP contribution in [0.2, 0.25) is 0 Å². The summed E-state index contributed by atoms with van der Waals surface area (Å²) in [4.78, 5) is 4.78. The summed E-state index contributed by atoms with van der Waals surface area (Å²) in [6, 6.07) is 33.0. The van der Waals surface area contributed by atoms with Gasteiger partial charge >= 0.3 is 20.4 Å². The van der Waals surface area contributed by atoms with E-state index in [1.807, 2.05) is 16.9 Å². The van der Waals surface area contributed by atoms with Crippen molar-refractivity contribution in [3.63, 3.8) is 0 Å². The van der Waals surface area contributed by atoms with Crippen molar-refractivity contribution in [2.45, 2.75) is 87.0 Å². The number of ether oxygens (including phenoxy) is 1. The predicted molar refractivity (Wildman–Crippen MR) is 206 cm³/mol. The molecule has 0 amide bonds. The molecule has 4 aromatic carbocycles. The molecule has 0 fully saturated rings. The van der Waals surface area contributed by atoms with Crippen LogP contribution in [0.15, 0.2) is 79.0 Å². The maximum absolute atomic E-state index is 6.68. The molecule has 3 aromatic heterocycles. The van der Waals surface area contributed by atoms with Crippen LogP contribution in [0, 0.1) is 32.9 Å². The van der Waals surface area contributed by atoms with Gasteiger partial charge in [0.25, 0.3) is 0 Å². The maximum atomic E-state index is 6.68. The number of rotatable bonds is 8. The largest absolute Gasteiger partial charge is 2.00 e. The Kier molecular flexibility index (Phi) is 10.1. The topological polar surface area (TPSA) is 44.9 Å². The third-order valence-electron chi connectivity index (χ3n) is 9.90. The minimum absolute atomic E-state index is 0. The number of pyridine rings is 1. The average molecular weight is 765 g/mol. The van der Waals surface area contributed by atoms with Crippen molar-refractivity contribution in [2.24, 2.45) is 0 Å². The van der Waals surface area contributed by atoms with E-state index in [1.54, 1.807) is 0 Å². The van der Waals surface area contributed by atoms with Gasteiger partial charge in [0, 0.05) is 34.5 Å². The number of nitrogens with zero attached hydrogens (tertiary/aromatic N) is 4. The zero-order valence-corrected chi connectivity index (χ0v) is 32.7. The minimum atomic E-state index is -0.126. The molecule has 5 nitrogen and oxygen atoms in total. The molecule has 0 atom stereocenters. The molecule has 0 aliphatic rings. The van der Waals surface area contributed by atoms with E-state index in [0.29, 0.717) is 11.5 Å². The molecular weight excluding hydrogens is 719 g/mol. The Morgan fingerprint density at radius 1 is 0.745 bits per heavy atom. The number of fused-ring (bicyclic) bond motifs is 3. The molecule has 0 aliphatic heterocycles. The molecule has 0 unspecified atom stereocenters. The van der Waals surface area contributed by atoms with E-state index >= 15 is 0 Å². The molecule has 0 saturated heterocycles. The first-order valence-electron chi connectivity index (χ1n) is 17.9. The van der Waals surface area contributed by atoms with E-state index in [1.165, 1.54) is 33.4 Å². The molecule has 0 saturated carbocycles. The van der Waals surface area contributed by atoms with Gasteiger partial charge in [-0.25, -0.2) is 4.98 Å². The van der Waals surface area contributed by atoms with Gasteiger partial charge in [-0.1, -0.05) is 83.0 Å². The molecule has 0 aliphatic carbocycles. The van der Waals surface area contributed by atoms with Crippen molar-refractivity contribution in [2.75, 3.05) is 0 Å². The van der Waals surface area contributed by atoms with Gasteiger partial charge in [-0.05, 0) is 97.0 Å². The van der Waals surface area contributed by atoms with Gasteiger partial charge < -0.3 is 9.30 Å². The Morgan fingerprint density at radius 2 is 1.47 bits per heavy atom. The summed E-state index contributed by atoms with van der Waals surface area (Å²) in [5.41, 5.74) is 13.8. The summed E-state index contributed by atoms with van der Waals surface area (Å²) in [6.07, 6.45) is 4.77. The van der Waals surface area contributed by atoms with Gasteiger partial charge in [0.2, 0.25) is 0 Å².